The van der Waals surface area contributed by atoms with Gasteiger partial charge >= 0.3 is 0 Å². The number of nitrogens with two attached hydrogens (primary N) is 1. The van der Waals surface area contributed by atoms with Crippen LogP contribution in [0.15, 0.2) is 40.2 Å². The Balaban J connectivity index is 2.33. The lowest BCUT2D eigenvalue weighted by Gasteiger charge is -2.20. The molecule has 0 fully saturated rings. The summed E-state index contributed by atoms with van der Waals surface area (Å²) in [6, 6.07) is 10.7. The first-order valence-electron chi connectivity index (χ1n) is 5.58. The molecule has 1 heterocycles. The van der Waals surface area contributed by atoms with Crippen LogP contribution < -0.4 is 5.73 Å². The minimum absolute atomic E-state index is 0.0596. The standard InChI is InChI=1S/C14H16BrNS/c1-14(2,9-16)11-7-13(17-8-11)10-3-5-12(15)6-4-10/h3-8H,9,16H2,1-2H3. The zero-order valence-electron chi connectivity index (χ0n) is 10.0. The van der Waals surface area contributed by atoms with Gasteiger partial charge in [-0.1, -0.05) is 41.9 Å². The number of hydrogen-bond donors (Lipinski definition) is 1. The van der Waals surface area contributed by atoms with Gasteiger partial charge < -0.3 is 5.73 Å². The molecule has 2 rings (SSSR count). The Morgan fingerprint density at radius 3 is 2.47 bits per heavy atom. The highest BCUT2D eigenvalue weighted by Gasteiger charge is 2.20. The van der Waals surface area contributed by atoms with Crippen molar-refractivity contribution in [2.45, 2.75) is 19.3 Å². The second-order valence-corrected chi connectivity index (χ2v) is 6.62. The summed E-state index contributed by atoms with van der Waals surface area (Å²) in [6.07, 6.45) is 0. The third-order valence-electron chi connectivity index (χ3n) is 3.02. The number of thiophene rings is 1. The van der Waals surface area contributed by atoms with Crippen LogP contribution in [0, 0.1) is 0 Å². The van der Waals surface area contributed by atoms with Crippen LogP contribution in [0.25, 0.3) is 10.4 Å². The molecule has 0 aliphatic heterocycles. The van der Waals surface area contributed by atoms with Crippen molar-refractivity contribution in [3.63, 3.8) is 0 Å². The molecule has 0 bridgehead atoms. The van der Waals surface area contributed by atoms with Crippen molar-refractivity contribution in [2.24, 2.45) is 5.73 Å². The quantitative estimate of drug-likeness (QED) is 0.892. The van der Waals surface area contributed by atoms with Gasteiger partial charge in [0.1, 0.15) is 0 Å². The summed E-state index contributed by atoms with van der Waals surface area (Å²) in [5.74, 6) is 0. The predicted molar refractivity (Wildman–Crippen MR) is 79.5 cm³/mol. The minimum atomic E-state index is 0.0596. The van der Waals surface area contributed by atoms with E-state index in [0.717, 1.165) is 4.47 Å². The van der Waals surface area contributed by atoms with E-state index in [2.05, 4.69) is 65.5 Å². The number of benzene rings is 1. The average molecular weight is 310 g/mol. The first-order chi connectivity index (χ1) is 8.03. The molecule has 0 amide bonds. The van der Waals surface area contributed by atoms with Gasteiger partial charge in [-0.25, -0.2) is 0 Å². The molecule has 1 aromatic heterocycles. The average Bonchev–Trinajstić information content (AvgIpc) is 2.80. The molecule has 2 aromatic rings. The fourth-order valence-corrected chi connectivity index (χ4v) is 2.95. The maximum atomic E-state index is 5.80. The fraction of sp³-hybridized carbons (Fsp3) is 0.286. The molecule has 0 radical (unpaired) electrons. The van der Waals surface area contributed by atoms with E-state index >= 15 is 0 Å². The van der Waals surface area contributed by atoms with Gasteiger partial charge in [-0.3, -0.25) is 0 Å². The molecule has 3 heteroatoms. The van der Waals surface area contributed by atoms with Crippen LogP contribution in [0.5, 0.6) is 0 Å². The van der Waals surface area contributed by atoms with Crippen LogP contribution in [-0.2, 0) is 5.41 Å². The Labute approximate surface area is 115 Å². The summed E-state index contributed by atoms with van der Waals surface area (Å²) in [6.45, 7) is 5.03. The Kier molecular flexibility index (Phi) is 3.71. The van der Waals surface area contributed by atoms with E-state index in [1.165, 1.54) is 16.0 Å². The summed E-state index contributed by atoms with van der Waals surface area (Å²) in [7, 11) is 0. The topological polar surface area (TPSA) is 26.0 Å². The summed E-state index contributed by atoms with van der Waals surface area (Å²) < 4.78 is 1.11. The maximum Gasteiger partial charge on any atom is 0.0345 e. The molecular formula is C14H16BrNS. The third kappa shape index (κ3) is 2.79. The molecule has 0 saturated carbocycles. The summed E-state index contributed by atoms with van der Waals surface area (Å²) in [4.78, 5) is 1.30. The minimum Gasteiger partial charge on any atom is -0.330 e. The van der Waals surface area contributed by atoms with E-state index in [1.54, 1.807) is 11.3 Å². The summed E-state index contributed by atoms with van der Waals surface area (Å²) in [5.41, 5.74) is 8.45. The Bertz CT molecular complexity index is 499. The van der Waals surface area contributed by atoms with Gasteiger partial charge in [-0.05, 0) is 34.7 Å². The molecular weight excluding hydrogens is 294 g/mol. The highest BCUT2D eigenvalue weighted by molar-refractivity contribution is 9.10. The van der Waals surface area contributed by atoms with Crippen molar-refractivity contribution >= 4 is 27.3 Å². The first-order valence-corrected chi connectivity index (χ1v) is 7.25. The molecule has 2 N–H and O–H groups in total. The molecule has 17 heavy (non-hydrogen) atoms. The third-order valence-corrected chi connectivity index (χ3v) is 4.53. The van der Waals surface area contributed by atoms with Crippen LogP contribution in [0.3, 0.4) is 0 Å². The number of rotatable bonds is 3. The van der Waals surface area contributed by atoms with E-state index in [0.29, 0.717) is 6.54 Å². The predicted octanol–water partition coefficient (Wildman–Crippen LogP) is 4.41. The summed E-state index contributed by atoms with van der Waals surface area (Å²) >= 11 is 5.23. The molecule has 0 saturated heterocycles. The van der Waals surface area contributed by atoms with Gasteiger partial charge in [-0.2, -0.15) is 0 Å². The fourth-order valence-electron chi connectivity index (χ4n) is 1.57. The van der Waals surface area contributed by atoms with Crippen molar-refractivity contribution in [2.75, 3.05) is 6.54 Å². The molecule has 0 atom stereocenters. The van der Waals surface area contributed by atoms with Crippen LogP contribution in [0.2, 0.25) is 0 Å². The van der Waals surface area contributed by atoms with E-state index in [4.69, 9.17) is 5.73 Å². The van der Waals surface area contributed by atoms with Gasteiger partial charge in [0.2, 0.25) is 0 Å². The molecule has 0 spiro atoms. The van der Waals surface area contributed by atoms with Gasteiger partial charge in [-0.15, -0.1) is 11.3 Å². The zero-order valence-corrected chi connectivity index (χ0v) is 12.4. The Hall–Kier alpha value is -0.640. The van der Waals surface area contributed by atoms with Crippen LogP contribution in [0.4, 0.5) is 0 Å². The number of halogens is 1. The molecule has 90 valence electrons. The van der Waals surface area contributed by atoms with E-state index in [-0.39, 0.29) is 5.41 Å². The van der Waals surface area contributed by atoms with Gasteiger partial charge in [0.25, 0.3) is 0 Å². The highest BCUT2D eigenvalue weighted by Crippen LogP contribution is 2.33. The molecule has 0 aliphatic rings. The molecule has 0 aliphatic carbocycles. The molecule has 1 nitrogen and oxygen atoms in total. The molecule has 1 aromatic carbocycles. The lowest BCUT2D eigenvalue weighted by Crippen LogP contribution is -2.27. The highest BCUT2D eigenvalue weighted by atomic mass is 79.9. The van der Waals surface area contributed by atoms with E-state index < -0.39 is 0 Å². The maximum absolute atomic E-state index is 5.80. The van der Waals surface area contributed by atoms with Crippen molar-refractivity contribution < 1.29 is 0 Å². The normalized spacial score (nSPS) is 11.8. The second-order valence-electron chi connectivity index (χ2n) is 4.79. The van der Waals surface area contributed by atoms with Gasteiger partial charge in [0.15, 0.2) is 0 Å². The van der Waals surface area contributed by atoms with Crippen molar-refractivity contribution in [1.29, 1.82) is 0 Å². The van der Waals surface area contributed by atoms with Crippen molar-refractivity contribution in [1.82, 2.24) is 0 Å². The van der Waals surface area contributed by atoms with E-state index in [1.807, 2.05) is 0 Å². The lowest BCUT2D eigenvalue weighted by molar-refractivity contribution is 0.541. The lowest BCUT2D eigenvalue weighted by atomic mass is 9.86. The Morgan fingerprint density at radius 2 is 1.88 bits per heavy atom. The van der Waals surface area contributed by atoms with Crippen molar-refractivity contribution in [3.05, 3.63) is 45.7 Å². The van der Waals surface area contributed by atoms with Crippen LogP contribution in [-0.4, -0.2) is 6.54 Å². The van der Waals surface area contributed by atoms with Gasteiger partial charge in [0, 0.05) is 21.3 Å². The second kappa shape index (κ2) is 4.92. The smallest absolute Gasteiger partial charge is 0.0345 e. The first kappa shape index (κ1) is 12.8. The van der Waals surface area contributed by atoms with Crippen LogP contribution in [0.1, 0.15) is 19.4 Å². The SMILES string of the molecule is CC(C)(CN)c1csc(-c2ccc(Br)cc2)c1. The summed E-state index contributed by atoms with van der Waals surface area (Å²) in [5, 5.41) is 2.21. The molecule has 0 unspecified atom stereocenters. The van der Waals surface area contributed by atoms with Crippen molar-refractivity contribution in [3.8, 4) is 10.4 Å². The zero-order chi connectivity index (χ0) is 12.5. The van der Waals surface area contributed by atoms with E-state index in [9.17, 15) is 0 Å². The van der Waals surface area contributed by atoms with Gasteiger partial charge in [0.05, 0.1) is 0 Å². The van der Waals surface area contributed by atoms with Crippen LogP contribution >= 0.6 is 27.3 Å². The monoisotopic (exact) mass is 309 g/mol. The largest absolute Gasteiger partial charge is 0.330 e. The Morgan fingerprint density at radius 1 is 1.24 bits per heavy atom. The number of hydrogen-bond acceptors (Lipinski definition) is 2.